The number of nitrogens with zero attached hydrogens (tertiary/aromatic N) is 6. The molecule has 0 aliphatic rings. The Balaban J connectivity index is 0.000000140. The average Bonchev–Trinajstić information content (AvgIpc) is 1.55. The van der Waals surface area contributed by atoms with Gasteiger partial charge in [-0.25, -0.2) is 19.9 Å². The molecule has 0 amide bonds. The Morgan fingerprint density at radius 3 is 0.766 bits per heavy atom. The molecule has 0 N–H and O–H groups in total. The summed E-state index contributed by atoms with van der Waals surface area (Å²) >= 11 is 0. The lowest BCUT2D eigenvalue weighted by Crippen LogP contribution is -1.99. The Morgan fingerprint density at radius 1 is 0.153 bits per heavy atom. The molecule has 124 heavy (non-hydrogen) atoms. The molecule has 0 unspecified atom stereocenters. The molecule has 4 aromatic heterocycles. The van der Waals surface area contributed by atoms with Crippen LogP contribution in [0.2, 0.25) is 0 Å². The first-order chi connectivity index (χ1) is 61.5. The van der Waals surface area contributed by atoms with E-state index in [9.17, 15) is 0 Å². The van der Waals surface area contributed by atoms with Gasteiger partial charge in [0.05, 0.1) is 55.9 Å². The van der Waals surface area contributed by atoms with E-state index in [1.54, 1.807) is 0 Å². The maximum absolute atomic E-state index is 5.44. The van der Waals surface area contributed by atoms with Gasteiger partial charge in [-0.05, 0) is 194 Å². The third kappa shape index (κ3) is 12.2. The summed E-state index contributed by atoms with van der Waals surface area (Å²) in [4.78, 5) is 21.3. The van der Waals surface area contributed by atoms with Gasteiger partial charge < -0.3 is 9.13 Å². The van der Waals surface area contributed by atoms with Crippen LogP contribution in [0.1, 0.15) is 0 Å². The summed E-state index contributed by atoms with van der Waals surface area (Å²) in [5, 5.41) is 21.6. The fraction of sp³-hybridized carbons (Fsp3) is 0. The molecule has 0 fully saturated rings. The minimum absolute atomic E-state index is 0.702. The van der Waals surface area contributed by atoms with E-state index in [1.165, 1.54) is 131 Å². The van der Waals surface area contributed by atoms with Crippen molar-refractivity contribution >= 4 is 130 Å². The maximum Gasteiger partial charge on any atom is 0.161 e. The van der Waals surface area contributed by atoms with E-state index in [0.29, 0.717) is 11.6 Å². The van der Waals surface area contributed by atoms with Crippen molar-refractivity contribution in [2.24, 2.45) is 0 Å². The van der Waals surface area contributed by atoms with Crippen molar-refractivity contribution in [3.63, 3.8) is 0 Å². The van der Waals surface area contributed by atoms with Crippen molar-refractivity contribution in [1.82, 2.24) is 29.1 Å². The molecule has 21 aromatic carbocycles. The highest BCUT2D eigenvalue weighted by Gasteiger charge is 2.25. The van der Waals surface area contributed by atoms with Gasteiger partial charge in [0, 0.05) is 65.3 Å². The van der Waals surface area contributed by atoms with Crippen LogP contribution in [0.5, 0.6) is 0 Å². The van der Waals surface area contributed by atoms with Gasteiger partial charge in [0.2, 0.25) is 0 Å². The molecular weight excluding hydrogens is 1500 g/mol. The third-order valence-corrected chi connectivity index (χ3v) is 25.2. The number of para-hydroxylation sites is 2. The summed E-state index contributed by atoms with van der Waals surface area (Å²) in [6.45, 7) is 0. The van der Waals surface area contributed by atoms with Gasteiger partial charge in [-0.15, -0.1) is 0 Å². The molecule has 0 radical (unpaired) electrons. The van der Waals surface area contributed by atoms with Crippen molar-refractivity contribution in [2.75, 3.05) is 0 Å². The average molecular weight is 1580 g/mol. The molecule has 0 bridgehead atoms. The molecular formula is C118H74N6. The van der Waals surface area contributed by atoms with Crippen molar-refractivity contribution in [2.45, 2.75) is 0 Å². The lowest BCUT2D eigenvalue weighted by Gasteiger charge is -2.16. The zero-order valence-electron chi connectivity index (χ0n) is 67.4. The summed E-state index contributed by atoms with van der Waals surface area (Å²) < 4.78 is 4.92. The topological polar surface area (TPSA) is 61.4 Å². The Labute approximate surface area is 715 Å². The van der Waals surface area contributed by atoms with Crippen LogP contribution in [0.3, 0.4) is 0 Å². The van der Waals surface area contributed by atoms with Gasteiger partial charge in [0.25, 0.3) is 0 Å². The largest absolute Gasteiger partial charge is 0.309 e. The molecule has 6 heteroatoms. The van der Waals surface area contributed by atoms with E-state index in [-0.39, 0.29) is 0 Å². The van der Waals surface area contributed by atoms with Gasteiger partial charge in [-0.1, -0.05) is 364 Å². The van der Waals surface area contributed by atoms with Crippen LogP contribution in [0.25, 0.3) is 242 Å². The lowest BCUT2D eigenvalue weighted by atomic mass is 9.93. The molecule has 4 heterocycles. The second kappa shape index (κ2) is 29.8. The van der Waals surface area contributed by atoms with Crippen LogP contribution < -0.4 is 0 Å². The zero-order chi connectivity index (χ0) is 81.7. The summed E-state index contributed by atoms with van der Waals surface area (Å²) in [5.41, 5.74) is 26.6. The van der Waals surface area contributed by atoms with E-state index in [1.807, 2.05) is 0 Å². The summed E-state index contributed by atoms with van der Waals surface area (Å²) in [6.07, 6.45) is 0. The number of fused-ring (bicyclic) bond motifs is 18. The molecule has 0 saturated carbocycles. The molecule has 0 saturated heterocycles. The second-order valence-corrected chi connectivity index (χ2v) is 32.2. The monoisotopic (exact) mass is 1570 g/mol. The molecule has 0 atom stereocenters. The summed E-state index contributed by atoms with van der Waals surface area (Å²) in [7, 11) is 0. The van der Waals surface area contributed by atoms with Gasteiger partial charge in [0.15, 0.2) is 11.6 Å². The number of rotatable bonds is 11. The molecule has 576 valence electrons. The fourth-order valence-electron chi connectivity index (χ4n) is 19.3. The summed E-state index contributed by atoms with van der Waals surface area (Å²) in [6, 6.07) is 161. The Hall–Kier alpha value is -16.5. The van der Waals surface area contributed by atoms with E-state index in [4.69, 9.17) is 19.9 Å². The van der Waals surface area contributed by atoms with Crippen LogP contribution in [0.15, 0.2) is 449 Å². The van der Waals surface area contributed by atoms with E-state index in [0.717, 1.165) is 99.5 Å². The van der Waals surface area contributed by atoms with Crippen LogP contribution in [-0.4, -0.2) is 29.1 Å². The van der Waals surface area contributed by atoms with Crippen LogP contribution in [0.4, 0.5) is 0 Å². The number of hydrogen-bond donors (Lipinski definition) is 0. The quantitative estimate of drug-likeness (QED) is 0.129. The first-order valence-corrected chi connectivity index (χ1v) is 42.4. The molecule has 0 aliphatic carbocycles. The van der Waals surface area contributed by atoms with Crippen molar-refractivity contribution in [1.29, 1.82) is 0 Å². The number of benzene rings is 21. The Bertz CT molecular complexity index is 8340. The highest BCUT2D eigenvalue weighted by molar-refractivity contribution is 6.31. The Kier molecular flexibility index (Phi) is 17.2. The molecule has 25 aromatic rings. The molecule has 0 aliphatic heterocycles. The Morgan fingerprint density at radius 2 is 0.411 bits per heavy atom. The molecule has 6 nitrogen and oxygen atoms in total. The second-order valence-electron chi connectivity index (χ2n) is 32.2. The maximum atomic E-state index is 5.44. The third-order valence-electron chi connectivity index (χ3n) is 25.2. The van der Waals surface area contributed by atoms with E-state index >= 15 is 0 Å². The fourth-order valence-corrected chi connectivity index (χ4v) is 19.3. The lowest BCUT2D eigenvalue weighted by molar-refractivity contribution is 1.19. The number of aromatic nitrogens is 6. The molecule has 25 rings (SSSR count). The van der Waals surface area contributed by atoms with Crippen LogP contribution in [0, 0.1) is 0 Å². The minimum Gasteiger partial charge on any atom is -0.309 e. The zero-order valence-corrected chi connectivity index (χ0v) is 67.4. The molecule has 0 spiro atoms. The van der Waals surface area contributed by atoms with E-state index < -0.39 is 0 Å². The van der Waals surface area contributed by atoms with Crippen LogP contribution >= 0.6 is 0 Å². The standard InChI is InChI=1S/C62H39N3.C56H35N3/c1-3-15-40(16-4-1)46-37-47(41-17-5-2-6-18-41)39-48(38-46)42-27-29-45(30-28-42)61-54-25-13-14-26-55(54)63-62(64-61)53-33-36-56(52-24-12-11-23-51(52)53)65-57-34-31-43-19-7-9-21-49(43)59(57)60-50-22-10-8-20-44(50)32-35-58(60)65;1-2-13-36(14-3-1)41-17-12-18-42(35-41)37-25-27-40(28-26-37)55-48-23-10-11-24-49(48)57-56(58-55)47-31-34-50(46-22-9-8-21-45(46)47)59-51-32-29-38-15-4-6-19-43(38)53(51)54-44-20-7-5-16-39(44)30-33-52(54)59/h1-39H;1-35H. The van der Waals surface area contributed by atoms with E-state index in [2.05, 4.69) is 458 Å². The number of hydrogen-bond acceptors (Lipinski definition) is 4. The van der Waals surface area contributed by atoms with Gasteiger partial charge >= 0.3 is 0 Å². The highest BCUT2D eigenvalue weighted by atomic mass is 15.0. The smallest absolute Gasteiger partial charge is 0.161 e. The van der Waals surface area contributed by atoms with Gasteiger partial charge in [-0.3, -0.25) is 0 Å². The predicted molar refractivity (Wildman–Crippen MR) is 522 cm³/mol. The van der Waals surface area contributed by atoms with Crippen LogP contribution in [-0.2, 0) is 0 Å². The van der Waals surface area contributed by atoms with Gasteiger partial charge in [-0.2, -0.15) is 0 Å². The van der Waals surface area contributed by atoms with Crippen molar-refractivity contribution in [3.8, 4) is 112 Å². The summed E-state index contributed by atoms with van der Waals surface area (Å²) in [5.74, 6) is 1.41. The van der Waals surface area contributed by atoms with Crippen molar-refractivity contribution < 1.29 is 0 Å². The predicted octanol–water partition coefficient (Wildman–Crippen LogP) is 31.4. The minimum atomic E-state index is 0.702. The first kappa shape index (κ1) is 71.6. The normalized spacial score (nSPS) is 11.7. The first-order valence-electron chi connectivity index (χ1n) is 42.4. The van der Waals surface area contributed by atoms with Crippen molar-refractivity contribution in [3.05, 3.63) is 449 Å². The van der Waals surface area contributed by atoms with Gasteiger partial charge in [0.1, 0.15) is 0 Å². The SMILES string of the molecule is c1ccc(-c2cc(-c3ccccc3)cc(-c3ccc(-c4nc(-c5ccc(-n6c7ccc8ccccc8c7c7c8ccccc8ccc76)c6ccccc56)nc5ccccc45)cc3)c2)cc1.c1ccc(-c2cccc(-c3ccc(-c4nc(-c5ccc(-n6c7ccc8ccccc8c7c7c8ccccc8ccc76)c6ccccc56)nc5ccccc45)cc3)c2)cc1. The highest BCUT2D eigenvalue weighted by Crippen LogP contribution is 2.47.